The summed E-state index contributed by atoms with van der Waals surface area (Å²) in [5.74, 6) is 0.414. The maximum absolute atomic E-state index is 13.0. The Kier molecular flexibility index (Phi) is 3.98. The van der Waals surface area contributed by atoms with Crippen LogP contribution in [0.2, 0.25) is 0 Å². The molecule has 0 aliphatic heterocycles. The third-order valence-corrected chi connectivity index (χ3v) is 4.36. The molecule has 0 atom stereocenters. The second-order valence-corrected chi connectivity index (χ2v) is 5.59. The molecular formula is C17H12FNO2S. The van der Waals surface area contributed by atoms with Crippen LogP contribution >= 0.6 is 11.3 Å². The second-order valence-electron chi connectivity index (χ2n) is 4.59. The molecule has 3 aromatic rings. The Morgan fingerprint density at radius 2 is 1.91 bits per heavy atom. The van der Waals surface area contributed by atoms with Gasteiger partial charge in [-0.05, 0) is 29.8 Å². The highest BCUT2D eigenvalue weighted by molar-refractivity contribution is 7.18. The van der Waals surface area contributed by atoms with E-state index in [1.807, 2.05) is 24.3 Å². The van der Waals surface area contributed by atoms with Crippen LogP contribution in [0.15, 0.2) is 48.5 Å². The molecule has 0 aliphatic rings. The third-order valence-electron chi connectivity index (χ3n) is 3.19. The highest BCUT2D eigenvalue weighted by atomic mass is 32.1. The predicted molar refractivity (Wildman–Crippen MR) is 84.9 cm³/mol. The molecule has 0 N–H and O–H groups in total. The monoisotopic (exact) mass is 313 g/mol. The van der Waals surface area contributed by atoms with Crippen LogP contribution in [0.3, 0.4) is 0 Å². The van der Waals surface area contributed by atoms with Gasteiger partial charge in [0.1, 0.15) is 22.3 Å². The number of nitrogens with zero attached hydrogens (tertiary/aromatic N) is 1. The van der Waals surface area contributed by atoms with Gasteiger partial charge in [-0.3, -0.25) is 4.79 Å². The van der Waals surface area contributed by atoms with Gasteiger partial charge >= 0.3 is 0 Å². The Morgan fingerprint density at radius 1 is 1.14 bits per heavy atom. The van der Waals surface area contributed by atoms with Crippen molar-refractivity contribution in [2.75, 3.05) is 7.11 Å². The molecule has 110 valence electrons. The highest BCUT2D eigenvalue weighted by Gasteiger charge is 2.14. The average Bonchev–Trinajstić information content (AvgIpc) is 3.00. The molecule has 2 aromatic carbocycles. The van der Waals surface area contributed by atoms with Crippen molar-refractivity contribution in [3.63, 3.8) is 0 Å². The zero-order valence-electron chi connectivity index (χ0n) is 11.7. The van der Waals surface area contributed by atoms with Gasteiger partial charge in [0, 0.05) is 5.56 Å². The summed E-state index contributed by atoms with van der Waals surface area (Å²) in [5.41, 5.74) is 2.00. The first kappa shape index (κ1) is 14.4. The van der Waals surface area contributed by atoms with Crippen molar-refractivity contribution in [3.8, 4) is 26.8 Å². The van der Waals surface area contributed by atoms with E-state index in [0.717, 1.165) is 33.0 Å². The van der Waals surface area contributed by atoms with Gasteiger partial charge in [-0.2, -0.15) is 0 Å². The molecule has 0 unspecified atom stereocenters. The van der Waals surface area contributed by atoms with Gasteiger partial charge in [0.25, 0.3) is 0 Å². The second kappa shape index (κ2) is 6.07. The van der Waals surface area contributed by atoms with Crippen molar-refractivity contribution in [2.45, 2.75) is 0 Å². The van der Waals surface area contributed by atoms with E-state index < -0.39 is 0 Å². The Labute approximate surface area is 131 Å². The minimum Gasteiger partial charge on any atom is -0.497 e. The summed E-state index contributed by atoms with van der Waals surface area (Å²) in [4.78, 5) is 16.4. The van der Waals surface area contributed by atoms with E-state index in [2.05, 4.69) is 4.98 Å². The van der Waals surface area contributed by atoms with Crippen molar-refractivity contribution < 1.29 is 13.9 Å². The first-order chi connectivity index (χ1) is 10.7. The lowest BCUT2D eigenvalue weighted by molar-refractivity contribution is 0.112. The van der Waals surface area contributed by atoms with Gasteiger partial charge in [-0.25, -0.2) is 9.37 Å². The summed E-state index contributed by atoms with van der Waals surface area (Å²) in [6.45, 7) is 0. The fourth-order valence-corrected chi connectivity index (χ4v) is 3.13. The van der Waals surface area contributed by atoms with E-state index in [0.29, 0.717) is 5.69 Å². The molecule has 1 heterocycles. The van der Waals surface area contributed by atoms with Gasteiger partial charge in [0.05, 0.1) is 12.0 Å². The lowest BCUT2D eigenvalue weighted by Gasteiger charge is -2.01. The van der Waals surface area contributed by atoms with Crippen molar-refractivity contribution in [1.29, 1.82) is 0 Å². The molecule has 0 saturated carbocycles. The number of benzene rings is 2. The number of halogens is 1. The molecule has 0 bridgehead atoms. The SMILES string of the molecule is COc1cccc(-c2nc(C=O)c(-c3ccc(F)cc3)s2)c1. The molecular weight excluding hydrogens is 301 g/mol. The maximum Gasteiger partial charge on any atom is 0.169 e. The largest absolute Gasteiger partial charge is 0.497 e. The zero-order valence-corrected chi connectivity index (χ0v) is 12.6. The standard InChI is InChI=1S/C17H12FNO2S/c1-21-14-4-2-3-12(9-14)17-19-15(10-20)16(22-17)11-5-7-13(18)8-6-11/h2-10H,1H3. The summed E-state index contributed by atoms with van der Waals surface area (Å²) in [6, 6.07) is 13.5. The average molecular weight is 313 g/mol. The lowest BCUT2D eigenvalue weighted by atomic mass is 10.1. The number of carbonyl (C=O) groups excluding carboxylic acids is 1. The van der Waals surface area contributed by atoms with E-state index in [-0.39, 0.29) is 5.82 Å². The topological polar surface area (TPSA) is 39.2 Å². The van der Waals surface area contributed by atoms with Gasteiger partial charge in [0.15, 0.2) is 6.29 Å². The molecule has 0 radical (unpaired) electrons. The van der Waals surface area contributed by atoms with Crippen LogP contribution in [-0.2, 0) is 0 Å². The van der Waals surface area contributed by atoms with Crippen LogP contribution in [0, 0.1) is 5.82 Å². The molecule has 0 amide bonds. The van der Waals surface area contributed by atoms with E-state index in [4.69, 9.17) is 4.74 Å². The van der Waals surface area contributed by atoms with Crippen molar-refractivity contribution >= 4 is 17.6 Å². The number of aromatic nitrogens is 1. The zero-order chi connectivity index (χ0) is 15.5. The lowest BCUT2D eigenvalue weighted by Crippen LogP contribution is -1.85. The quantitative estimate of drug-likeness (QED) is 0.669. The minimum atomic E-state index is -0.311. The molecule has 5 heteroatoms. The van der Waals surface area contributed by atoms with E-state index in [1.54, 1.807) is 19.2 Å². The van der Waals surface area contributed by atoms with Gasteiger partial charge < -0.3 is 4.74 Å². The number of methoxy groups -OCH3 is 1. The number of ether oxygens (including phenoxy) is 1. The normalized spacial score (nSPS) is 10.5. The smallest absolute Gasteiger partial charge is 0.169 e. The Balaban J connectivity index is 2.08. The number of aldehydes is 1. The number of carbonyl (C=O) groups is 1. The minimum absolute atomic E-state index is 0.311. The molecule has 0 spiro atoms. The Bertz CT molecular complexity index is 812. The first-order valence-electron chi connectivity index (χ1n) is 6.57. The van der Waals surface area contributed by atoms with Crippen LogP contribution in [-0.4, -0.2) is 18.4 Å². The summed E-state index contributed by atoms with van der Waals surface area (Å²) >= 11 is 1.39. The van der Waals surface area contributed by atoms with Crippen LogP contribution < -0.4 is 4.74 Å². The highest BCUT2D eigenvalue weighted by Crippen LogP contribution is 2.35. The van der Waals surface area contributed by atoms with E-state index >= 15 is 0 Å². The van der Waals surface area contributed by atoms with Crippen LogP contribution in [0.25, 0.3) is 21.0 Å². The van der Waals surface area contributed by atoms with Crippen LogP contribution in [0.1, 0.15) is 10.5 Å². The number of thiazole rings is 1. The fraction of sp³-hybridized carbons (Fsp3) is 0.0588. The summed E-state index contributed by atoms with van der Waals surface area (Å²) in [6.07, 6.45) is 0.721. The maximum atomic E-state index is 13.0. The third kappa shape index (κ3) is 2.76. The summed E-state index contributed by atoms with van der Waals surface area (Å²) in [7, 11) is 1.60. The van der Waals surface area contributed by atoms with Gasteiger partial charge in [-0.15, -0.1) is 11.3 Å². The predicted octanol–water partition coefficient (Wildman–Crippen LogP) is 4.44. The summed E-state index contributed by atoms with van der Waals surface area (Å²) < 4.78 is 18.2. The Morgan fingerprint density at radius 3 is 2.59 bits per heavy atom. The number of rotatable bonds is 4. The molecule has 1 aromatic heterocycles. The van der Waals surface area contributed by atoms with Crippen molar-refractivity contribution in [3.05, 3.63) is 60.0 Å². The van der Waals surface area contributed by atoms with Gasteiger partial charge in [-0.1, -0.05) is 24.3 Å². The Hall–Kier alpha value is -2.53. The van der Waals surface area contributed by atoms with Crippen LogP contribution in [0.4, 0.5) is 4.39 Å². The van der Waals surface area contributed by atoms with Crippen LogP contribution in [0.5, 0.6) is 5.75 Å². The molecule has 3 nitrogen and oxygen atoms in total. The van der Waals surface area contributed by atoms with Gasteiger partial charge in [0.2, 0.25) is 0 Å². The number of hydrogen-bond acceptors (Lipinski definition) is 4. The van der Waals surface area contributed by atoms with Crippen molar-refractivity contribution in [2.24, 2.45) is 0 Å². The molecule has 0 fully saturated rings. The molecule has 22 heavy (non-hydrogen) atoms. The van der Waals surface area contributed by atoms with E-state index in [1.165, 1.54) is 23.5 Å². The summed E-state index contributed by atoms with van der Waals surface area (Å²) in [5, 5.41) is 0.723. The fourth-order valence-electron chi connectivity index (χ4n) is 2.10. The first-order valence-corrected chi connectivity index (χ1v) is 7.39. The van der Waals surface area contributed by atoms with Crippen molar-refractivity contribution in [1.82, 2.24) is 4.98 Å². The number of hydrogen-bond donors (Lipinski definition) is 0. The molecule has 3 rings (SSSR count). The van der Waals surface area contributed by atoms with E-state index in [9.17, 15) is 9.18 Å². The molecule has 0 saturated heterocycles. The molecule has 0 aliphatic carbocycles.